The molecular weight excluding hydrogens is 340 g/mol. The van der Waals surface area contributed by atoms with Crippen molar-refractivity contribution < 1.29 is 21.6 Å². The van der Waals surface area contributed by atoms with E-state index in [2.05, 4.69) is 0 Å². The molecule has 0 aliphatic carbocycles. The lowest BCUT2D eigenvalue weighted by Crippen LogP contribution is -2.12. The van der Waals surface area contributed by atoms with E-state index in [1.165, 1.54) is 49.6 Å². The fourth-order valence-corrected chi connectivity index (χ4v) is 3.88. The number of hydrogen-bond acceptors (Lipinski definition) is 6. The Morgan fingerprint density at radius 1 is 0.957 bits per heavy atom. The maximum atomic E-state index is 12.4. The van der Waals surface area contributed by atoms with Crippen LogP contribution in [0, 0.1) is 0 Å². The fourth-order valence-electron chi connectivity index (χ4n) is 1.98. The zero-order valence-corrected chi connectivity index (χ0v) is 13.9. The summed E-state index contributed by atoms with van der Waals surface area (Å²) in [5.74, 6) is 0.102. The van der Waals surface area contributed by atoms with Gasteiger partial charge in [0.15, 0.2) is 9.84 Å². The number of methoxy groups -OCH3 is 1. The Labute approximate surface area is 134 Å². The van der Waals surface area contributed by atoms with Crippen molar-refractivity contribution in [3.05, 3.63) is 48.0 Å². The van der Waals surface area contributed by atoms with Gasteiger partial charge < -0.3 is 10.5 Å². The number of nitrogen functional groups attached to an aromatic ring is 1. The van der Waals surface area contributed by atoms with Crippen molar-refractivity contribution >= 4 is 25.5 Å². The summed E-state index contributed by atoms with van der Waals surface area (Å²) in [6.45, 7) is 0. The Hall–Kier alpha value is -2.10. The normalized spacial score (nSPS) is 12.1. The van der Waals surface area contributed by atoms with Crippen LogP contribution in [-0.2, 0) is 25.6 Å². The average Bonchev–Trinajstić information content (AvgIpc) is 2.46. The number of hydrogen-bond donors (Lipinski definition) is 2. The minimum Gasteiger partial charge on any atom is -0.495 e. The third-order valence-corrected chi connectivity index (χ3v) is 5.78. The van der Waals surface area contributed by atoms with Gasteiger partial charge in [-0.2, -0.15) is 0 Å². The van der Waals surface area contributed by atoms with Crippen LogP contribution in [0.25, 0.3) is 0 Å². The second-order valence-electron chi connectivity index (χ2n) is 4.85. The number of benzene rings is 2. The molecule has 2 rings (SSSR count). The number of primary sulfonamides is 1. The summed E-state index contributed by atoms with van der Waals surface area (Å²) in [6, 6.07) is 9.56. The maximum Gasteiger partial charge on any atom is 0.238 e. The molecule has 0 saturated carbocycles. The molecule has 7 nitrogen and oxygen atoms in total. The molecule has 9 heteroatoms. The van der Waals surface area contributed by atoms with Crippen molar-refractivity contribution in [3.63, 3.8) is 0 Å². The first-order valence-corrected chi connectivity index (χ1v) is 9.61. The van der Waals surface area contributed by atoms with Crippen LogP contribution in [0.4, 0.5) is 5.69 Å². The van der Waals surface area contributed by atoms with Gasteiger partial charge in [-0.25, -0.2) is 22.0 Å². The van der Waals surface area contributed by atoms with E-state index in [1.807, 2.05) is 0 Å². The van der Waals surface area contributed by atoms with Gasteiger partial charge in [0, 0.05) is 0 Å². The molecule has 2 aromatic rings. The van der Waals surface area contributed by atoms with Crippen molar-refractivity contribution in [2.75, 3.05) is 12.8 Å². The molecule has 0 unspecified atom stereocenters. The lowest BCUT2D eigenvalue weighted by molar-refractivity contribution is 0.416. The minimum absolute atomic E-state index is 0.0614. The van der Waals surface area contributed by atoms with Crippen LogP contribution in [0.5, 0.6) is 5.75 Å². The van der Waals surface area contributed by atoms with Gasteiger partial charge in [-0.1, -0.05) is 12.1 Å². The molecule has 0 amide bonds. The van der Waals surface area contributed by atoms with E-state index in [0.717, 1.165) is 0 Å². The first-order valence-electron chi connectivity index (χ1n) is 6.41. The molecular formula is C14H16N2O5S2. The Bertz CT molecular complexity index is 920. The molecule has 124 valence electrons. The Morgan fingerprint density at radius 2 is 1.52 bits per heavy atom. The summed E-state index contributed by atoms with van der Waals surface area (Å²) >= 11 is 0. The summed E-state index contributed by atoms with van der Waals surface area (Å²) in [6.07, 6.45) is 0. The highest BCUT2D eigenvalue weighted by molar-refractivity contribution is 7.90. The molecule has 0 aliphatic rings. The largest absolute Gasteiger partial charge is 0.495 e. The number of nitrogens with two attached hydrogens (primary N) is 2. The van der Waals surface area contributed by atoms with Gasteiger partial charge in [0.25, 0.3) is 0 Å². The van der Waals surface area contributed by atoms with Crippen molar-refractivity contribution in [2.45, 2.75) is 15.5 Å². The van der Waals surface area contributed by atoms with Gasteiger partial charge in [0.1, 0.15) is 5.75 Å². The van der Waals surface area contributed by atoms with Crippen LogP contribution in [-0.4, -0.2) is 23.9 Å². The first kappa shape index (κ1) is 17.3. The summed E-state index contributed by atoms with van der Waals surface area (Å²) in [5.41, 5.74) is 6.38. The third-order valence-electron chi connectivity index (χ3n) is 3.17. The monoisotopic (exact) mass is 356 g/mol. The number of sulfonamides is 1. The highest BCUT2D eigenvalue weighted by Crippen LogP contribution is 2.26. The molecule has 0 spiro atoms. The van der Waals surface area contributed by atoms with Gasteiger partial charge >= 0.3 is 0 Å². The van der Waals surface area contributed by atoms with Gasteiger partial charge in [0.05, 0.1) is 28.3 Å². The predicted octanol–water partition coefficient (Wildman–Crippen LogP) is 0.899. The van der Waals surface area contributed by atoms with E-state index >= 15 is 0 Å². The van der Waals surface area contributed by atoms with Crippen molar-refractivity contribution in [2.24, 2.45) is 5.14 Å². The van der Waals surface area contributed by atoms with E-state index in [0.29, 0.717) is 11.3 Å². The van der Waals surface area contributed by atoms with Gasteiger partial charge in [-0.05, 0) is 35.9 Å². The van der Waals surface area contributed by atoms with Crippen LogP contribution < -0.4 is 15.6 Å². The molecule has 0 bridgehead atoms. The van der Waals surface area contributed by atoms with Crippen molar-refractivity contribution in [3.8, 4) is 5.75 Å². The molecule has 0 fully saturated rings. The molecule has 0 radical (unpaired) electrons. The summed E-state index contributed by atoms with van der Waals surface area (Å²) < 4.78 is 52.1. The van der Waals surface area contributed by atoms with Gasteiger partial charge in [0.2, 0.25) is 10.0 Å². The molecule has 23 heavy (non-hydrogen) atoms. The highest BCUT2D eigenvalue weighted by Gasteiger charge is 2.17. The van der Waals surface area contributed by atoms with Crippen LogP contribution in [0.15, 0.2) is 52.3 Å². The maximum absolute atomic E-state index is 12.4. The first-order chi connectivity index (χ1) is 10.6. The van der Waals surface area contributed by atoms with E-state index in [1.54, 1.807) is 0 Å². The summed E-state index contributed by atoms with van der Waals surface area (Å²) in [7, 11) is -6.00. The highest BCUT2D eigenvalue weighted by atomic mass is 32.2. The van der Waals surface area contributed by atoms with Gasteiger partial charge in [-0.15, -0.1) is 0 Å². The van der Waals surface area contributed by atoms with Crippen LogP contribution >= 0.6 is 0 Å². The van der Waals surface area contributed by atoms with Gasteiger partial charge in [-0.3, -0.25) is 0 Å². The lowest BCUT2D eigenvalue weighted by atomic mass is 10.2. The van der Waals surface area contributed by atoms with Crippen molar-refractivity contribution in [1.29, 1.82) is 0 Å². The topological polar surface area (TPSA) is 130 Å². The molecule has 0 saturated heterocycles. The second kappa shape index (κ2) is 6.19. The smallest absolute Gasteiger partial charge is 0.238 e. The molecule has 0 heterocycles. The predicted molar refractivity (Wildman–Crippen MR) is 86.1 cm³/mol. The number of sulfone groups is 1. The van der Waals surface area contributed by atoms with Crippen molar-refractivity contribution in [1.82, 2.24) is 0 Å². The second-order valence-corrected chi connectivity index (χ2v) is 8.40. The molecule has 4 N–H and O–H groups in total. The van der Waals surface area contributed by atoms with Crippen LogP contribution in [0.1, 0.15) is 5.56 Å². The van der Waals surface area contributed by atoms with E-state index in [-0.39, 0.29) is 21.2 Å². The third kappa shape index (κ3) is 4.01. The molecule has 2 aromatic carbocycles. The van der Waals surface area contributed by atoms with E-state index in [4.69, 9.17) is 15.6 Å². The fraction of sp³-hybridized carbons (Fsp3) is 0.143. The van der Waals surface area contributed by atoms with E-state index in [9.17, 15) is 16.8 Å². The number of ether oxygens (including phenoxy) is 1. The zero-order chi connectivity index (χ0) is 17.3. The lowest BCUT2D eigenvalue weighted by Gasteiger charge is -2.09. The molecule has 0 aromatic heterocycles. The molecule has 0 atom stereocenters. The SMILES string of the molecule is COc1ccc(S(=O)(=O)Cc2ccc(S(N)(=O)=O)cc2)cc1N. The standard InChI is InChI=1S/C14H16N2O5S2/c1-21-14-7-6-12(8-13(14)15)22(17,18)9-10-2-4-11(5-3-10)23(16,19)20/h2-8H,9,15H2,1H3,(H2,16,19,20). The summed E-state index contributed by atoms with van der Waals surface area (Å²) in [4.78, 5) is -0.0151. The van der Waals surface area contributed by atoms with Crippen LogP contribution in [0.3, 0.4) is 0 Å². The number of anilines is 1. The Balaban J connectivity index is 2.29. The zero-order valence-electron chi connectivity index (χ0n) is 12.3. The van der Waals surface area contributed by atoms with E-state index < -0.39 is 19.9 Å². The molecule has 0 aliphatic heterocycles. The minimum atomic E-state index is -3.81. The number of rotatable bonds is 5. The average molecular weight is 356 g/mol. The Kier molecular flexibility index (Phi) is 4.64. The quantitative estimate of drug-likeness (QED) is 0.766. The summed E-state index contributed by atoms with van der Waals surface area (Å²) in [5, 5.41) is 5.00. The van der Waals surface area contributed by atoms with Crippen LogP contribution in [0.2, 0.25) is 0 Å². The Morgan fingerprint density at radius 3 is 2.00 bits per heavy atom.